The van der Waals surface area contributed by atoms with Crippen LogP contribution in [0.2, 0.25) is 5.02 Å². The summed E-state index contributed by atoms with van der Waals surface area (Å²) in [7, 11) is 0. The van der Waals surface area contributed by atoms with E-state index in [9.17, 15) is 9.59 Å². The van der Waals surface area contributed by atoms with Crippen molar-refractivity contribution in [2.45, 2.75) is 26.3 Å². The van der Waals surface area contributed by atoms with Gasteiger partial charge in [-0.25, -0.2) is 4.68 Å². The van der Waals surface area contributed by atoms with Crippen LogP contribution in [0.15, 0.2) is 65.5 Å². The summed E-state index contributed by atoms with van der Waals surface area (Å²) in [6.45, 7) is 3.85. The molecule has 3 rings (SSSR count). The molecule has 6 heteroatoms. The predicted octanol–water partition coefficient (Wildman–Crippen LogP) is 4.46. The number of benzene rings is 2. The lowest BCUT2D eigenvalue weighted by Gasteiger charge is -2.17. The second-order valence-electron chi connectivity index (χ2n) is 6.29. The van der Waals surface area contributed by atoms with E-state index < -0.39 is 6.04 Å². The van der Waals surface area contributed by atoms with Gasteiger partial charge in [0.2, 0.25) is 5.91 Å². The Labute approximate surface area is 162 Å². The zero-order valence-corrected chi connectivity index (χ0v) is 15.9. The second kappa shape index (κ2) is 8.18. The Morgan fingerprint density at radius 3 is 2.56 bits per heavy atom. The van der Waals surface area contributed by atoms with Gasteiger partial charge in [-0.2, -0.15) is 5.10 Å². The van der Waals surface area contributed by atoms with Crippen LogP contribution in [0.4, 0.5) is 5.69 Å². The first kappa shape index (κ1) is 18.9. The molecule has 138 valence electrons. The van der Waals surface area contributed by atoms with E-state index >= 15 is 0 Å². The average Bonchev–Trinajstić information content (AvgIpc) is 2.64. The molecule has 0 aliphatic heterocycles. The third-order valence-electron chi connectivity index (χ3n) is 4.25. The maximum Gasteiger partial charge on any atom is 0.267 e. The highest BCUT2D eigenvalue weighted by molar-refractivity contribution is 6.30. The predicted molar refractivity (Wildman–Crippen MR) is 108 cm³/mol. The van der Waals surface area contributed by atoms with Crippen LogP contribution < -0.4 is 10.9 Å². The first-order valence-corrected chi connectivity index (χ1v) is 9.09. The van der Waals surface area contributed by atoms with Gasteiger partial charge in [-0.1, -0.05) is 54.4 Å². The summed E-state index contributed by atoms with van der Waals surface area (Å²) in [5, 5.41) is 7.77. The minimum absolute atomic E-state index is 0.310. The number of aromatic nitrogens is 2. The Hall–Kier alpha value is -2.92. The molecule has 5 nitrogen and oxygen atoms in total. The molecule has 1 amide bonds. The number of hydrogen-bond donors (Lipinski definition) is 1. The number of nitrogens with zero attached hydrogens (tertiary/aromatic N) is 2. The van der Waals surface area contributed by atoms with Crippen molar-refractivity contribution in [2.24, 2.45) is 0 Å². The molecule has 1 N–H and O–H groups in total. The van der Waals surface area contributed by atoms with Crippen molar-refractivity contribution < 1.29 is 4.79 Å². The number of anilines is 1. The van der Waals surface area contributed by atoms with Crippen molar-refractivity contribution in [3.8, 4) is 11.3 Å². The van der Waals surface area contributed by atoms with Gasteiger partial charge in [0.15, 0.2) is 0 Å². The van der Waals surface area contributed by atoms with Gasteiger partial charge in [-0.05, 0) is 37.6 Å². The minimum Gasteiger partial charge on any atom is -0.324 e. The van der Waals surface area contributed by atoms with Crippen LogP contribution in [0.25, 0.3) is 11.3 Å². The Balaban J connectivity index is 1.92. The zero-order valence-electron chi connectivity index (χ0n) is 15.1. The Kier molecular flexibility index (Phi) is 5.72. The highest BCUT2D eigenvalue weighted by Crippen LogP contribution is 2.20. The van der Waals surface area contributed by atoms with Crippen molar-refractivity contribution in [1.82, 2.24) is 9.78 Å². The van der Waals surface area contributed by atoms with Gasteiger partial charge in [-0.3, -0.25) is 9.59 Å². The molecule has 0 radical (unpaired) electrons. The number of carbonyl (C=O) groups is 1. The number of amides is 1. The lowest BCUT2D eigenvalue weighted by molar-refractivity contribution is -0.119. The first-order chi connectivity index (χ1) is 13.0. The van der Waals surface area contributed by atoms with Gasteiger partial charge in [0.05, 0.1) is 5.69 Å². The molecule has 1 atom stereocenters. The number of halogens is 1. The fourth-order valence-corrected chi connectivity index (χ4v) is 2.98. The molecular formula is C21H20ClN3O2. The van der Waals surface area contributed by atoms with Gasteiger partial charge in [0.25, 0.3) is 5.56 Å². The number of hydrogen-bond acceptors (Lipinski definition) is 3. The molecular weight excluding hydrogens is 362 g/mol. The molecule has 0 aliphatic rings. The van der Waals surface area contributed by atoms with Crippen molar-refractivity contribution in [2.75, 3.05) is 5.32 Å². The Bertz CT molecular complexity index is 1010. The summed E-state index contributed by atoms with van der Waals surface area (Å²) in [5.41, 5.74) is 2.93. The third kappa shape index (κ3) is 4.44. The van der Waals surface area contributed by atoms with Gasteiger partial charge >= 0.3 is 0 Å². The molecule has 0 saturated carbocycles. The monoisotopic (exact) mass is 381 g/mol. The lowest BCUT2D eigenvalue weighted by Crippen LogP contribution is -2.34. The van der Waals surface area contributed by atoms with Crippen LogP contribution in [0.5, 0.6) is 0 Å². The van der Waals surface area contributed by atoms with Gasteiger partial charge in [-0.15, -0.1) is 0 Å². The highest BCUT2D eigenvalue weighted by atomic mass is 35.5. The number of carbonyl (C=O) groups excluding carboxylic acids is 1. The van der Waals surface area contributed by atoms with Crippen LogP contribution in [-0.2, 0) is 4.79 Å². The summed E-state index contributed by atoms with van der Waals surface area (Å²) < 4.78 is 1.25. The molecule has 1 unspecified atom stereocenters. The number of aryl methyl sites for hydroxylation is 1. The van der Waals surface area contributed by atoms with E-state index in [0.717, 1.165) is 11.1 Å². The fraction of sp³-hybridized carbons (Fsp3) is 0.190. The van der Waals surface area contributed by atoms with Crippen molar-refractivity contribution >= 4 is 23.2 Å². The largest absolute Gasteiger partial charge is 0.324 e. The number of nitrogens with one attached hydrogen (secondary N) is 1. The minimum atomic E-state index is -0.720. The topological polar surface area (TPSA) is 64.0 Å². The summed E-state index contributed by atoms with van der Waals surface area (Å²) in [5.74, 6) is -0.310. The molecule has 1 aromatic heterocycles. The molecule has 3 aromatic rings. The van der Waals surface area contributed by atoms with Crippen LogP contribution >= 0.6 is 11.6 Å². The smallest absolute Gasteiger partial charge is 0.267 e. The third-order valence-corrected chi connectivity index (χ3v) is 4.48. The summed E-state index contributed by atoms with van der Waals surface area (Å²) in [4.78, 5) is 25.1. The van der Waals surface area contributed by atoms with E-state index in [4.69, 9.17) is 11.6 Å². The fourth-order valence-electron chi connectivity index (χ4n) is 2.79. The molecule has 2 aromatic carbocycles. The lowest BCUT2D eigenvalue weighted by atomic mass is 10.1. The molecule has 0 fully saturated rings. The second-order valence-corrected chi connectivity index (χ2v) is 6.73. The molecule has 0 saturated heterocycles. The molecule has 1 heterocycles. The van der Waals surface area contributed by atoms with Crippen LogP contribution in [-0.4, -0.2) is 15.7 Å². The number of rotatable bonds is 5. The Morgan fingerprint density at radius 1 is 1.15 bits per heavy atom. The summed E-state index contributed by atoms with van der Waals surface area (Å²) in [6, 6.07) is 17.1. The molecule has 0 aliphatic carbocycles. The average molecular weight is 382 g/mol. The Morgan fingerprint density at radius 2 is 1.89 bits per heavy atom. The van der Waals surface area contributed by atoms with E-state index in [1.165, 1.54) is 10.7 Å². The maximum atomic E-state index is 12.7. The van der Waals surface area contributed by atoms with Gasteiger partial charge in [0, 0.05) is 22.3 Å². The summed E-state index contributed by atoms with van der Waals surface area (Å²) in [6.07, 6.45) is 0.427. The normalized spacial score (nSPS) is 11.8. The quantitative estimate of drug-likeness (QED) is 0.709. The van der Waals surface area contributed by atoms with Gasteiger partial charge < -0.3 is 5.32 Å². The van der Waals surface area contributed by atoms with E-state index in [0.29, 0.717) is 22.8 Å². The van der Waals surface area contributed by atoms with E-state index in [2.05, 4.69) is 10.4 Å². The highest BCUT2D eigenvalue weighted by Gasteiger charge is 2.21. The molecule has 27 heavy (non-hydrogen) atoms. The zero-order chi connectivity index (χ0) is 19.4. The standard InChI is InChI=1S/C21H20ClN3O2/c1-3-19(21(27)23-17-6-4-5-16(22)13-17)25-20(26)12-11-18(24-25)15-9-7-14(2)8-10-15/h4-13,19H,3H2,1-2H3,(H,23,27). The van der Waals surface area contributed by atoms with Crippen LogP contribution in [0.3, 0.4) is 0 Å². The SMILES string of the molecule is CCC(C(=O)Nc1cccc(Cl)c1)n1nc(-c2ccc(C)cc2)ccc1=O. The maximum absolute atomic E-state index is 12.7. The molecule has 0 spiro atoms. The van der Waals surface area contributed by atoms with Crippen LogP contribution in [0.1, 0.15) is 24.9 Å². The van der Waals surface area contributed by atoms with Crippen LogP contribution in [0, 0.1) is 6.92 Å². The van der Waals surface area contributed by atoms with Gasteiger partial charge in [0.1, 0.15) is 6.04 Å². The van der Waals surface area contributed by atoms with E-state index in [1.807, 2.05) is 38.1 Å². The van der Waals surface area contributed by atoms with E-state index in [-0.39, 0.29) is 11.5 Å². The molecule has 0 bridgehead atoms. The van der Waals surface area contributed by atoms with Crippen molar-refractivity contribution in [1.29, 1.82) is 0 Å². The summed E-state index contributed by atoms with van der Waals surface area (Å²) >= 11 is 5.96. The van der Waals surface area contributed by atoms with E-state index in [1.54, 1.807) is 30.3 Å². The van der Waals surface area contributed by atoms with Crippen molar-refractivity contribution in [3.05, 3.63) is 81.6 Å². The first-order valence-electron chi connectivity index (χ1n) is 8.71. The van der Waals surface area contributed by atoms with Crippen molar-refractivity contribution in [3.63, 3.8) is 0 Å².